The van der Waals surface area contributed by atoms with Crippen molar-refractivity contribution in [3.8, 4) is 16.9 Å². The number of rotatable bonds is 6. The molecule has 0 aromatic heterocycles. The van der Waals surface area contributed by atoms with Crippen LogP contribution in [-0.4, -0.2) is 49.0 Å². The SMILES string of the molecule is C[N+]1(C[C@H](O)COc2ccc(-c3ccccc3)cc2)CCCC1. The number of hydrogen-bond acceptors (Lipinski definition) is 2. The Bertz CT molecular complexity index is 603. The van der Waals surface area contributed by atoms with Crippen LogP contribution in [0.1, 0.15) is 12.8 Å². The maximum absolute atomic E-state index is 10.2. The number of hydrogen-bond donors (Lipinski definition) is 1. The first kappa shape index (κ1) is 16.0. The van der Waals surface area contributed by atoms with E-state index >= 15 is 0 Å². The minimum atomic E-state index is -0.410. The Labute approximate surface area is 138 Å². The van der Waals surface area contributed by atoms with Crippen LogP contribution >= 0.6 is 0 Å². The molecule has 1 aliphatic rings. The lowest BCUT2D eigenvalue weighted by atomic mass is 10.1. The molecule has 0 amide bonds. The average molecular weight is 312 g/mol. The molecule has 0 bridgehead atoms. The molecule has 1 atom stereocenters. The fourth-order valence-corrected chi connectivity index (χ4v) is 3.41. The van der Waals surface area contributed by atoms with Crippen molar-refractivity contribution in [3.63, 3.8) is 0 Å². The van der Waals surface area contributed by atoms with Gasteiger partial charge < -0.3 is 14.3 Å². The summed E-state index contributed by atoms with van der Waals surface area (Å²) in [6.45, 7) is 3.48. The molecule has 1 aliphatic heterocycles. The van der Waals surface area contributed by atoms with Crippen LogP contribution in [-0.2, 0) is 0 Å². The number of nitrogens with zero attached hydrogens (tertiary/aromatic N) is 1. The van der Waals surface area contributed by atoms with E-state index in [4.69, 9.17) is 4.74 Å². The number of aliphatic hydroxyl groups is 1. The Morgan fingerprint density at radius 1 is 0.957 bits per heavy atom. The third-order valence-corrected chi connectivity index (χ3v) is 4.70. The lowest BCUT2D eigenvalue weighted by Crippen LogP contribution is -2.47. The van der Waals surface area contributed by atoms with Crippen LogP contribution in [0, 0.1) is 0 Å². The first-order valence-corrected chi connectivity index (χ1v) is 8.45. The molecule has 1 heterocycles. The molecule has 23 heavy (non-hydrogen) atoms. The molecular formula is C20H26NO2+. The molecule has 122 valence electrons. The van der Waals surface area contributed by atoms with E-state index in [0.717, 1.165) is 16.8 Å². The zero-order valence-corrected chi connectivity index (χ0v) is 13.8. The van der Waals surface area contributed by atoms with Crippen LogP contribution in [0.4, 0.5) is 0 Å². The van der Waals surface area contributed by atoms with Gasteiger partial charge in [-0.15, -0.1) is 0 Å². The zero-order valence-electron chi connectivity index (χ0n) is 13.8. The Kier molecular flexibility index (Phi) is 4.99. The second kappa shape index (κ2) is 7.16. The fraction of sp³-hybridized carbons (Fsp3) is 0.400. The topological polar surface area (TPSA) is 29.5 Å². The van der Waals surface area contributed by atoms with Gasteiger partial charge in [-0.05, 0) is 23.3 Å². The monoisotopic (exact) mass is 312 g/mol. The number of benzene rings is 2. The maximum atomic E-state index is 10.2. The van der Waals surface area contributed by atoms with E-state index in [0.29, 0.717) is 6.61 Å². The van der Waals surface area contributed by atoms with Crippen molar-refractivity contribution in [2.24, 2.45) is 0 Å². The lowest BCUT2D eigenvalue weighted by molar-refractivity contribution is -0.900. The van der Waals surface area contributed by atoms with Gasteiger partial charge in [0.1, 0.15) is 25.0 Å². The van der Waals surface area contributed by atoms with Gasteiger partial charge in [0, 0.05) is 12.8 Å². The highest BCUT2D eigenvalue weighted by atomic mass is 16.5. The first-order chi connectivity index (χ1) is 11.1. The van der Waals surface area contributed by atoms with Crippen LogP contribution in [0.2, 0.25) is 0 Å². The molecule has 0 unspecified atom stereocenters. The fourth-order valence-electron chi connectivity index (χ4n) is 3.41. The summed E-state index contributed by atoms with van der Waals surface area (Å²) in [5.41, 5.74) is 2.37. The molecular weight excluding hydrogens is 286 g/mol. The number of likely N-dealkylation sites (tertiary alicyclic amines) is 1. The Morgan fingerprint density at radius 3 is 2.22 bits per heavy atom. The average Bonchev–Trinajstić information content (AvgIpc) is 3.00. The van der Waals surface area contributed by atoms with E-state index in [-0.39, 0.29) is 0 Å². The number of likely N-dealkylation sites (N-methyl/N-ethyl adjacent to an activating group) is 1. The molecule has 3 nitrogen and oxygen atoms in total. The van der Waals surface area contributed by atoms with Crippen LogP contribution in [0.3, 0.4) is 0 Å². The van der Waals surface area contributed by atoms with E-state index in [1.54, 1.807) is 0 Å². The van der Waals surface area contributed by atoms with E-state index in [1.165, 1.54) is 37.1 Å². The van der Waals surface area contributed by atoms with Gasteiger partial charge in [-0.3, -0.25) is 0 Å². The Balaban J connectivity index is 1.52. The van der Waals surface area contributed by atoms with Gasteiger partial charge in [0.2, 0.25) is 0 Å². The molecule has 1 saturated heterocycles. The van der Waals surface area contributed by atoms with Gasteiger partial charge >= 0.3 is 0 Å². The molecule has 0 spiro atoms. The molecule has 3 rings (SSSR count). The summed E-state index contributed by atoms with van der Waals surface area (Å²) in [4.78, 5) is 0. The van der Waals surface area contributed by atoms with E-state index < -0.39 is 6.10 Å². The van der Waals surface area contributed by atoms with Crippen molar-refractivity contribution in [2.75, 3.05) is 33.3 Å². The van der Waals surface area contributed by atoms with Gasteiger partial charge in [0.05, 0.1) is 20.1 Å². The lowest BCUT2D eigenvalue weighted by Gasteiger charge is -2.31. The highest BCUT2D eigenvalue weighted by Gasteiger charge is 2.29. The summed E-state index contributed by atoms with van der Waals surface area (Å²) < 4.78 is 6.72. The smallest absolute Gasteiger partial charge is 0.137 e. The minimum Gasteiger partial charge on any atom is -0.491 e. The Morgan fingerprint density at radius 2 is 1.57 bits per heavy atom. The molecule has 0 radical (unpaired) electrons. The third kappa shape index (κ3) is 4.34. The van der Waals surface area contributed by atoms with Crippen LogP contribution in [0.25, 0.3) is 11.1 Å². The van der Waals surface area contributed by atoms with Gasteiger partial charge in [-0.2, -0.15) is 0 Å². The van der Waals surface area contributed by atoms with Crippen LogP contribution in [0.5, 0.6) is 5.75 Å². The summed E-state index contributed by atoms with van der Waals surface area (Å²) in [7, 11) is 2.23. The highest BCUT2D eigenvalue weighted by molar-refractivity contribution is 5.63. The van der Waals surface area contributed by atoms with Crippen molar-refractivity contribution in [2.45, 2.75) is 18.9 Å². The van der Waals surface area contributed by atoms with Gasteiger partial charge in [-0.1, -0.05) is 42.5 Å². The largest absolute Gasteiger partial charge is 0.491 e. The predicted octanol–water partition coefficient (Wildman–Crippen LogP) is 3.33. The minimum absolute atomic E-state index is 0.360. The molecule has 2 aromatic rings. The van der Waals surface area contributed by atoms with E-state index in [9.17, 15) is 5.11 Å². The van der Waals surface area contributed by atoms with E-state index in [2.05, 4.69) is 31.3 Å². The number of quaternary nitrogens is 1. The van der Waals surface area contributed by atoms with Crippen molar-refractivity contribution in [1.29, 1.82) is 0 Å². The van der Waals surface area contributed by atoms with Gasteiger partial charge in [-0.25, -0.2) is 0 Å². The second-order valence-electron chi connectivity index (χ2n) is 6.81. The molecule has 1 N–H and O–H groups in total. The molecule has 2 aromatic carbocycles. The normalized spacial score (nSPS) is 17.8. The highest BCUT2D eigenvalue weighted by Crippen LogP contribution is 2.22. The molecule has 3 heteroatoms. The maximum Gasteiger partial charge on any atom is 0.137 e. The Hall–Kier alpha value is -1.84. The summed E-state index contributed by atoms with van der Waals surface area (Å²) >= 11 is 0. The molecule has 0 aliphatic carbocycles. The van der Waals surface area contributed by atoms with E-state index in [1.807, 2.05) is 30.3 Å². The summed E-state index contributed by atoms with van der Waals surface area (Å²) in [5.74, 6) is 0.813. The van der Waals surface area contributed by atoms with Crippen molar-refractivity contribution in [3.05, 3.63) is 54.6 Å². The predicted molar refractivity (Wildman–Crippen MR) is 93.4 cm³/mol. The molecule has 0 saturated carbocycles. The van der Waals surface area contributed by atoms with Crippen molar-refractivity contribution < 1.29 is 14.3 Å². The summed E-state index contributed by atoms with van der Waals surface area (Å²) in [5, 5.41) is 10.2. The van der Waals surface area contributed by atoms with Crippen molar-refractivity contribution in [1.82, 2.24) is 0 Å². The number of ether oxygens (including phenoxy) is 1. The van der Waals surface area contributed by atoms with Gasteiger partial charge in [0.15, 0.2) is 0 Å². The first-order valence-electron chi connectivity index (χ1n) is 8.45. The molecule has 1 fully saturated rings. The standard InChI is InChI=1S/C20H26NO2/c1-21(13-5-6-14-21)15-19(22)16-23-20-11-9-18(10-12-20)17-7-3-2-4-8-17/h2-4,7-12,19,22H,5-6,13-16H2,1H3/q+1/t19-/m0/s1. The quantitative estimate of drug-likeness (QED) is 0.829. The van der Waals surface area contributed by atoms with Gasteiger partial charge in [0.25, 0.3) is 0 Å². The summed E-state index contributed by atoms with van der Waals surface area (Å²) in [6, 6.07) is 18.4. The number of aliphatic hydroxyl groups excluding tert-OH is 1. The second-order valence-corrected chi connectivity index (χ2v) is 6.81. The third-order valence-electron chi connectivity index (χ3n) is 4.70. The zero-order chi connectivity index (χ0) is 16.1. The van der Waals surface area contributed by atoms with Crippen LogP contribution in [0.15, 0.2) is 54.6 Å². The van der Waals surface area contributed by atoms with Crippen LogP contribution < -0.4 is 4.74 Å². The van der Waals surface area contributed by atoms with Crippen molar-refractivity contribution >= 4 is 0 Å². The summed E-state index contributed by atoms with van der Waals surface area (Å²) in [6.07, 6.45) is 2.13.